The van der Waals surface area contributed by atoms with Gasteiger partial charge >= 0.3 is 0 Å². The third kappa shape index (κ3) is 4.84. The molecular formula is C25H26ClN9. The number of nitrogens with one attached hydrogen (secondary N) is 2. The average molecular weight is 488 g/mol. The zero-order chi connectivity index (χ0) is 24.4. The van der Waals surface area contributed by atoms with E-state index in [1.54, 1.807) is 12.4 Å². The highest BCUT2D eigenvalue weighted by atomic mass is 35.5. The van der Waals surface area contributed by atoms with Crippen molar-refractivity contribution in [1.29, 1.82) is 5.26 Å². The van der Waals surface area contributed by atoms with Crippen molar-refractivity contribution >= 4 is 40.5 Å². The van der Waals surface area contributed by atoms with Crippen molar-refractivity contribution in [3.63, 3.8) is 0 Å². The SMILES string of the molecule is CCC1CN(c2ccc(C#N)cn2)CCC1Nc1nc(Nc2ccn3c(C)cnc3c2)ncc1Cl. The number of piperidine rings is 1. The van der Waals surface area contributed by atoms with E-state index in [0.29, 0.717) is 28.3 Å². The normalized spacial score (nSPS) is 17.8. The van der Waals surface area contributed by atoms with Crippen LogP contribution in [0.25, 0.3) is 5.65 Å². The van der Waals surface area contributed by atoms with Crippen molar-refractivity contribution in [2.24, 2.45) is 5.92 Å². The second kappa shape index (κ2) is 9.76. The Balaban J connectivity index is 1.29. The summed E-state index contributed by atoms with van der Waals surface area (Å²) in [4.78, 5) is 20.2. The van der Waals surface area contributed by atoms with Crippen LogP contribution in [-0.2, 0) is 0 Å². The third-order valence-electron chi connectivity index (χ3n) is 6.48. The van der Waals surface area contributed by atoms with Crippen LogP contribution in [0.1, 0.15) is 31.0 Å². The van der Waals surface area contributed by atoms with Gasteiger partial charge in [-0.2, -0.15) is 10.2 Å². The molecule has 0 radical (unpaired) electrons. The molecule has 5 rings (SSSR count). The van der Waals surface area contributed by atoms with Gasteiger partial charge in [-0.25, -0.2) is 15.0 Å². The van der Waals surface area contributed by atoms with Crippen LogP contribution < -0.4 is 15.5 Å². The molecule has 1 aliphatic heterocycles. The Hall–Kier alpha value is -3.90. The number of nitrogens with zero attached hydrogens (tertiary/aromatic N) is 7. The van der Waals surface area contributed by atoms with Crippen molar-refractivity contribution in [3.05, 3.63) is 65.3 Å². The lowest BCUT2D eigenvalue weighted by Gasteiger charge is -2.39. The second-order valence-corrected chi connectivity index (χ2v) is 9.14. The van der Waals surface area contributed by atoms with Crippen molar-refractivity contribution in [2.75, 3.05) is 28.6 Å². The van der Waals surface area contributed by atoms with Gasteiger partial charge in [-0.1, -0.05) is 18.5 Å². The topological polar surface area (TPSA) is 107 Å². The zero-order valence-corrected chi connectivity index (χ0v) is 20.4. The molecule has 1 saturated heterocycles. The number of fused-ring (bicyclic) bond motifs is 1. The molecule has 0 spiro atoms. The average Bonchev–Trinajstić information content (AvgIpc) is 3.26. The molecule has 2 N–H and O–H groups in total. The maximum atomic E-state index is 9.02. The first-order valence-electron chi connectivity index (χ1n) is 11.6. The highest BCUT2D eigenvalue weighted by Crippen LogP contribution is 2.29. The lowest BCUT2D eigenvalue weighted by molar-refractivity contribution is 0.365. The smallest absolute Gasteiger partial charge is 0.229 e. The van der Waals surface area contributed by atoms with Gasteiger partial charge in [0.25, 0.3) is 0 Å². The quantitative estimate of drug-likeness (QED) is 0.399. The number of aryl methyl sites for hydroxylation is 1. The summed E-state index contributed by atoms with van der Waals surface area (Å²) in [7, 11) is 0. The van der Waals surface area contributed by atoms with Crippen LogP contribution in [0.4, 0.5) is 23.3 Å². The van der Waals surface area contributed by atoms with Crippen LogP contribution in [0, 0.1) is 24.2 Å². The molecule has 178 valence electrons. The van der Waals surface area contributed by atoms with Gasteiger partial charge in [-0.05, 0) is 43.9 Å². The highest BCUT2D eigenvalue weighted by molar-refractivity contribution is 6.32. The van der Waals surface area contributed by atoms with Gasteiger partial charge in [0.1, 0.15) is 22.6 Å². The number of anilines is 4. The summed E-state index contributed by atoms with van der Waals surface area (Å²) in [5.74, 6) is 2.37. The van der Waals surface area contributed by atoms with Gasteiger partial charge in [-0.15, -0.1) is 0 Å². The first-order valence-corrected chi connectivity index (χ1v) is 12.0. The summed E-state index contributed by atoms with van der Waals surface area (Å²) in [6.07, 6.45) is 8.97. The van der Waals surface area contributed by atoms with Gasteiger partial charge in [0, 0.05) is 55.2 Å². The predicted molar refractivity (Wildman–Crippen MR) is 137 cm³/mol. The summed E-state index contributed by atoms with van der Waals surface area (Å²) in [6.45, 7) is 5.93. The number of halogens is 1. The maximum absolute atomic E-state index is 9.02. The number of rotatable bonds is 6. The first-order chi connectivity index (χ1) is 17.0. The number of aromatic nitrogens is 5. The summed E-state index contributed by atoms with van der Waals surface area (Å²) in [6, 6.07) is 9.99. The Kier molecular flexibility index (Phi) is 6.38. The maximum Gasteiger partial charge on any atom is 0.229 e. The summed E-state index contributed by atoms with van der Waals surface area (Å²) < 4.78 is 2.02. The number of hydrogen-bond donors (Lipinski definition) is 2. The molecule has 2 unspecified atom stereocenters. The lowest BCUT2D eigenvalue weighted by Crippen LogP contribution is -2.46. The minimum Gasteiger partial charge on any atom is -0.366 e. The van der Waals surface area contributed by atoms with E-state index in [0.717, 1.165) is 48.8 Å². The molecule has 35 heavy (non-hydrogen) atoms. The summed E-state index contributed by atoms with van der Waals surface area (Å²) >= 11 is 6.47. The van der Waals surface area contributed by atoms with Gasteiger partial charge < -0.3 is 19.9 Å². The Labute approximate surface area is 208 Å². The minimum atomic E-state index is 0.221. The lowest BCUT2D eigenvalue weighted by atomic mass is 9.90. The van der Waals surface area contributed by atoms with Crippen LogP contribution in [0.15, 0.2) is 49.1 Å². The number of pyridine rings is 2. The van der Waals surface area contributed by atoms with E-state index in [9.17, 15) is 0 Å². The molecule has 2 atom stereocenters. The molecule has 4 aromatic rings. The largest absolute Gasteiger partial charge is 0.366 e. The second-order valence-electron chi connectivity index (χ2n) is 8.73. The van der Waals surface area contributed by atoms with Gasteiger partial charge in [-0.3, -0.25) is 0 Å². The fraction of sp³-hybridized carbons (Fsp3) is 0.320. The van der Waals surface area contributed by atoms with Crippen molar-refractivity contribution in [2.45, 2.75) is 32.7 Å². The van der Waals surface area contributed by atoms with E-state index in [1.807, 2.05) is 48.0 Å². The predicted octanol–water partition coefficient (Wildman–Crippen LogP) is 4.81. The van der Waals surface area contributed by atoms with E-state index >= 15 is 0 Å². The van der Waals surface area contributed by atoms with Crippen LogP contribution >= 0.6 is 11.6 Å². The molecule has 1 aliphatic rings. The van der Waals surface area contributed by atoms with Crippen molar-refractivity contribution in [1.82, 2.24) is 24.3 Å². The molecule has 4 aromatic heterocycles. The molecule has 0 bridgehead atoms. The first kappa shape index (κ1) is 22.9. The molecule has 10 heteroatoms. The van der Waals surface area contributed by atoms with E-state index in [2.05, 4.69) is 48.5 Å². The highest BCUT2D eigenvalue weighted by Gasteiger charge is 2.29. The zero-order valence-electron chi connectivity index (χ0n) is 19.6. The van der Waals surface area contributed by atoms with Gasteiger partial charge in [0.15, 0.2) is 5.82 Å². The number of nitriles is 1. The third-order valence-corrected chi connectivity index (χ3v) is 6.76. The van der Waals surface area contributed by atoms with Crippen LogP contribution in [-0.4, -0.2) is 43.5 Å². The van der Waals surface area contributed by atoms with E-state index in [1.165, 1.54) is 0 Å². The van der Waals surface area contributed by atoms with E-state index < -0.39 is 0 Å². The standard InChI is InChI=1S/C25H26ClN9/c1-3-18-15-34(22-5-4-17(11-27)13-29-22)8-7-21(18)32-24-20(26)14-30-25(33-24)31-19-6-9-35-16(2)12-28-23(35)10-19/h4-6,9-10,12-14,18,21H,3,7-8,15H2,1-2H3,(H2,30,31,32,33). The molecular weight excluding hydrogens is 462 g/mol. The number of hydrogen-bond acceptors (Lipinski definition) is 8. The summed E-state index contributed by atoms with van der Waals surface area (Å²) in [5.41, 5.74) is 3.35. The van der Waals surface area contributed by atoms with Gasteiger partial charge in [0.05, 0.1) is 11.8 Å². The molecule has 9 nitrogen and oxygen atoms in total. The Bertz CT molecular complexity index is 1380. The van der Waals surface area contributed by atoms with Gasteiger partial charge in [0.2, 0.25) is 5.95 Å². The van der Waals surface area contributed by atoms with E-state index in [4.69, 9.17) is 16.9 Å². The number of imidazole rings is 1. The van der Waals surface area contributed by atoms with Crippen molar-refractivity contribution in [3.8, 4) is 6.07 Å². The molecule has 0 amide bonds. The fourth-order valence-corrected chi connectivity index (χ4v) is 4.65. The van der Waals surface area contributed by atoms with Crippen molar-refractivity contribution < 1.29 is 0 Å². The Morgan fingerprint density at radius 2 is 2.06 bits per heavy atom. The molecule has 0 saturated carbocycles. The Morgan fingerprint density at radius 1 is 1.17 bits per heavy atom. The molecule has 5 heterocycles. The van der Waals surface area contributed by atoms with E-state index in [-0.39, 0.29) is 6.04 Å². The molecule has 1 fully saturated rings. The summed E-state index contributed by atoms with van der Waals surface area (Å²) in [5, 5.41) is 16.3. The molecule has 0 aliphatic carbocycles. The van der Waals surface area contributed by atoms with Crippen LogP contribution in [0.3, 0.4) is 0 Å². The minimum absolute atomic E-state index is 0.221. The Morgan fingerprint density at radius 3 is 2.83 bits per heavy atom. The fourth-order valence-electron chi connectivity index (χ4n) is 4.50. The van der Waals surface area contributed by atoms with Crippen LogP contribution in [0.2, 0.25) is 5.02 Å². The molecule has 0 aromatic carbocycles. The monoisotopic (exact) mass is 487 g/mol. The van der Waals surface area contributed by atoms with Crippen LogP contribution in [0.5, 0.6) is 0 Å².